The van der Waals surface area contributed by atoms with E-state index in [0.717, 1.165) is 34.4 Å². The quantitative estimate of drug-likeness (QED) is 0.600. The van der Waals surface area contributed by atoms with Gasteiger partial charge in [0.2, 0.25) is 0 Å². The van der Waals surface area contributed by atoms with Crippen LogP contribution >= 0.6 is 11.6 Å². The number of halogens is 4. The first-order valence-corrected chi connectivity index (χ1v) is 7.03. The first-order chi connectivity index (χ1) is 9.70. The van der Waals surface area contributed by atoms with Gasteiger partial charge in [0, 0.05) is 0 Å². The minimum Gasteiger partial charge on any atom is -0.166 e. The molecule has 0 N–H and O–H groups in total. The molecule has 0 radical (unpaired) electrons. The molecule has 21 heavy (non-hydrogen) atoms. The van der Waals surface area contributed by atoms with Crippen LogP contribution in [0.25, 0.3) is 0 Å². The van der Waals surface area contributed by atoms with Crippen LogP contribution in [0.2, 0.25) is 0 Å². The van der Waals surface area contributed by atoms with Crippen LogP contribution in [-0.2, 0) is 6.18 Å². The molecular weight excluding hydrogens is 297 g/mol. The van der Waals surface area contributed by atoms with Crippen molar-refractivity contribution < 1.29 is 13.2 Å². The molecule has 0 aliphatic rings. The van der Waals surface area contributed by atoms with Crippen LogP contribution in [0.5, 0.6) is 0 Å². The fourth-order valence-electron chi connectivity index (χ4n) is 2.60. The van der Waals surface area contributed by atoms with E-state index < -0.39 is 17.1 Å². The molecule has 112 valence electrons. The molecule has 1 atom stereocenters. The van der Waals surface area contributed by atoms with E-state index in [0.29, 0.717) is 5.56 Å². The van der Waals surface area contributed by atoms with Gasteiger partial charge in [-0.15, -0.1) is 11.6 Å². The summed E-state index contributed by atoms with van der Waals surface area (Å²) in [6, 6.07) is 9.09. The van der Waals surface area contributed by atoms with Crippen molar-refractivity contribution in [3.05, 3.63) is 69.8 Å². The zero-order valence-electron chi connectivity index (χ0n) is 12.1. The van der Waals surface area contributed by atoms with E-state index in [4.69, 9.17) is 11.6 Å². The average Bonchev–Trinajstić information content (AvgIpc) is 2.36. The lowest BCUT2D eigenvalue weighted by atomic mass is 9.93. The number of benzene rings is 2. The highest BCUT2D eigenvalue weighted by Gasteiger charge is 2.30. The molecule has 0 bridgehead atoms. The Balaban J connectivity index is 2.39. The number of rotatable bonds is 2. The van der Waals surface area contributed by atoms with Crippen LogP contribution < -0.4 is 0 Å². The number of aryl methyl sites for hydroxylation is 3. The molecule has 0 saturated heterocycles. The summed E-state index contributed by atoms with van der Waals surface area (Å²) < 4.78 is 37.7. The standard InChI is InChI=1S/C17H16ClF3/c1-10-8-11(2)15(12(3)9-10)16(18)13-4-6-14(7-5-13)17(19,20)21/h4-9,16H,1-3H3. The summed E-state index contributed by atoms with van der Waals surface area (Å²) in [7, 11) is 0. The average molecular weight is 313 g/mol. The van der Waals surface area contributed by atoms with Gasteiger partial charge in [-0.3, -0.25) is 0 Å². The molecule has 2 aromatic carbocycles. The van der Waals surface area contributed by atoms with Crippen LogP contribution in [0.4, 0.5) is 13.2 Å². The Labute approximate surface area is 127 Å². The van der Waals surface area contributed by atoms with Crippen molar-refractivity contribution in [3.8, 4) is 0 Å². The van der Waals surface area contributed by atoms with E-state index >= 15 is 0 Å². The Morgan fingerprint density at radius 1 is 0.905 bits per heavy atom. The SMILES string of the molecule is Cc1cc(C)c(C(Cl)c2ccc(C(F)(F)F)cc2)c(C)c1. The number of hydrogen-bond donors (Lipinski definition) is 0. The van der Waals surface area contributed by atoms with Crippen molar-refractivity contribution >= 4 is 11.6 Å². The molecule has 1 unspecified atom stereocenters. The molecule has 4 heteroatoms. The predicted octanol–water partition coefficient (Wildman–Crippen LogP) is 5.96. The monoisotopic (exact) mass is 312 g/mol. The van der Waals surface area contributed by atoms with Gasteiger partial charge in [-0.05, 0) is 55.2 Å². The smallest absolute Gasteiger partial charge is 0.166 e. The van der Waals surface area contributed by atoms with Gasteiger partial charge in [-0.1, -0.05) is 29.8 Å². The van der Waals surface area contributed by atoms with Crippen molar-refractivity contribution in [1.82, 2.24) is 0 Å². The second-order valence-corrected chi connectivity index (χ2v) is 5.73. The Bertz CT molecular complexity index is 619. The minimum atomic E-state index is -4.32. The highest BCUT2D eigenvalue weighted by molar-refractivity contribution is 6.22. The van der Waals surface area contributed by atoms with Gasteiger partial charge in [0.1, 0.15) is 0 Å². The summed E-state index contributed by atoms with van der Waals surface area (Å²) in [5, 5.41) is -0.451. The summed E-state index contributed by atoms with van der Waals surface area (Å²) in [4.78, 5) is 0. The molecule has 0 aromatic heterocycles. The third kappa shape index (κ3) is 3.41. The van der Waals surface area contributed by atoms with Gasteiger partial charge in [0.25, 0.3) is 0 Å². The summed E-state index contributed by atoms with van der Waals surface area (Å²) in [5.74, 6) is 0. The Hall–Kier alpha value is -1.48. The predicted molar refractivity (Wildman–Crippen MR) is 79.8 cm³/mol. The summed E-state index contributed by atoms with van der Waals surface area (Å²) in [5.41, 5.74) is 4.21. The van der Waals surface area contributed by atoms with Gasteiger partial charge in [0.15, 0.2) is 0 Å². The topological polar surface area (TPSA) is 0 Å². The van der Waals surface area contributed by atoms with Crippen molar-refractivity contribution in [2.24, 2.45) is 0 Å². The minimum absolute atomic E-state index is 0.451. The van der Waals surface area contributed by atoms with E-state index in [-0.39, 0.29) is 0 Å². The third-order valence-electron chi connectivity index (χ3n) is 3.52. The van der Waals surface area contributed by atoms with Crippen molar-refractivity contribution in [2.75, 3.05) is 0 Å². The van der Waals surface area contributed by atoms with Gasteiger partial charge in [-0.2, -0.15) is 13.2 Å². The van der Waals surface area contributed by atoms with E-state index in [2.05, 4.69) is 0 Å². The van der Waals surface area contributed by atoms with Crippen LogP contribution in [0.15, 0.2) is 36.4 Å². The second-order valence-electron chi connectivity index (χ2n) is 5.29. The maximum absolute atomic E-state index is 12.6. The van der Waals surface area contributed by atoms with Crippen molar-refractivity contribution in [3.63, 3.8) is 0 Å². The van der Waals surface area contributed by atoms with E-state index in [1.165, 1.54) is 12.1 Å². The maximum atomic E-state index is 12.6. The van der Waals surface area contributed by atoms with Crippen LogP contribution in [0.3, 0.4) is 0 Å². The zero-order valence-corrected chi connectivity index (χ0v) is 12.8. The van der Waals surface area contributed by atoms with Gasteiger partial charge in [-0.25, -0.2) is 0 Å². The zero-order chi connectivity index (χ0) is 15.8. The molecule has 0 saturated carbocycles. The number of alkyl halides is 4. The fraction of sp³-hybridized carbons (Fsp3) is 0.294. The highest BCUT2D eigenvalue weighted by Crippen LogP contribution is 2.36. The lowest BCUT2D eigenvalue weighted by Crippen LogP contribution is -2.05. The molecule has 0 amide bonds. The molecular formula is C17H16ClF3. The number of hydrogen-bond acceptors (Lipinski definition) is 0. The first kappa shape index (κ1) is 15.9. The lowest BCUT2D eigenvalue weighted by molar-refractivity contribution is -0.137. The molecule has 0 aliphatic carbocycles. The molecule has 0 nitrogen and oxygen atoms in total. The molecule has 2 aromatic rings. The lowest BCUT2D eigenvalue weighted by Gasteiger charge is -2.18. The third-order valence-corrected chi connectivity index (χ3v) is 3.99. The highest BCUT2D eigenvalue weighted by atomic mass is 35.5. The van der Waals surface area contributed by atoms with E-state index in [1.54, 1.807) is 0 Å². The van der Waals surface area contributed by atoms with Gasteiger partial charge >= 0.3 is 6.18 Å². The van der Waals surface area contributed by atoms with Crippen LogP contribution in [0.1, 0.15) is 38.8 Å². The van der Waals surface area contributed by atoms with Crippen LogP contribution in [0, 0.1) is 20.8 Å². The first-order valence-electron chi connectivity index (χ1n) is 6.59. The molecule has 0 heterocycles. The van der Waals surface area contributed by atoms with Crippen molar-refractivity contribution in [2.45, 2.75) is 32.3 Å². The molecule has 2 rings (SSSR count). The largest absolute Gasteiger partial charge is 0.416 e. The summed E-state index contributed by atoms with van der Waals surface area (Å²) in [6.45, 7) is 5.94. The Morgan fingerprint density at radius 2 is 1.38 bits per heavy atom. The van der Waals surface area contributed by atoms with Crippen molar-refractivity contribution in [1.29, 1.82) is 0 Å². The summed E-state index contributed by atoms with van der Waals surface area (Å²) in [6.07, 6.45) is -4.32. The van der Waals surface area contributed by atoms with Gasteiger partial charge in [0.05, 0.1) is 10.9 Å². The van der Waals surface area contributed by atoms with Gasteiger partial charge < -0.3 is 0 Å². The fourth-order valence-corrected chi connectivity index (χ4v) is 3.09. The molecule has 0 spiro atoms. The molecule has 0 fully saturated rings. The van der Waals surface area contributed by atoms with E-state index in [1.807, 2.05) is 32.9 Å². The molecule has 0 aliphatic heterocycles. The van der Waals surface area contributed by atoms with E-state index in [9.17, 15) is 13.2 Å². The summed E-state index contributed by atoms with van der Waals surface area (Å²) >= 11 is 6.48. The normalized spacial score (nSPS) is 13.3. The Kier molecular flexibility index (Phi) is 4.33. The van der Waals surface area contributed by atoms with Crippen LogP contribution in [-0.4, -0.2) is 0 Å². The second kappa shape index (κ2) is 5.72. The maximum Gasteiger partial charge on any atom is 0.416 e. The Morgan fingerprint density at radius 3 is 1.81 bits per heavy atom.